The van der Waals surface area contributed by atoms with Gasteiger partial charge in [-0.2, -0.15) is 0 Å². The molecule has 0 spiro atoms. The Morgan fingerprint density at radius 3 is 1.44 bits per heavy atom. The van der Waals surface area contributed by atoms with Crippen LogP contribution in [0.15, 0.2) is 48.5 Å². The average Bonchev–Trinajstić information content (AvgIpc) is 3.71. The van der Waals surface area contributed by atoms with Crippen LogP contribution in [-0.4, -0.2) is 63.1 Å². The summed E-state index contributed by atoms with van der Waals surface area (Å²) in [7, 11) is 0. The number of benzene rings is 2. The van der Waals surface area contributed by atoms with Gasteiger partial charge in [0.2, 0.25) is 0 Å². The predicted octanol–water partition coefficient (Wildman–Crippen LogP) is 2.61. The largest absolute Gasteiger partial charge is 0.388 e. The summed E-state index contributed by atoms with van der Waals surface area (Å²) in [6.45, 7) is 5.32. The van der Waals surface area contributed by atoms with E-state index < -0.39 is 6.10 Å². The van der Waals surface area contributed by atoms with E-state index in [1.165, 1.54) is 0 Å². The molecule has 2 fully saturated rings. The molecule has 2 saturated heterocycles. The lowest BCUT2D eigenvalue weighted by Crippen LogP contribution is -2.21. The van der Waals surface area contributed by atoms with Crippen LogP contribution in [0.3, 0.4) is 0 Å². The van der Waals surface area contributed by atoms with Crippen molar-refractivity contribution in [2.75, 3.05) is 39.6 Å². The van der Waals surface area contributed by atoms with Crippen molar-refractivity contribution in [3.8, 4) is 0 Å². The third-order valence-corrected chi connectivity index (χ3v) is 5.09. The van der Waals surface area contributed by atoms with E-state index >= 15 is 0 Å². The second-order valence-electron chi connectivity index (χ2n) is 8.26. The first-order valence-electron chi connectivity index (χ1n) is 11.1. The van der Waals surface area contributed by atoms with Crippen LogP contribution in [0.2, 0.25) is 0 Å². The molecule has 2 aromatic carbocycles. The normalized spacial score (nSPS) is 20.3. The number of hydrogen-bond donors (Lipinski definition) is 1. The maximum Gasteiger partial charge on any atom is 0.104 e. The van der Waals surface area contributed by atoms with Crippen LogP contribution in [0.25, 0.3) is 0 Å². The summed E-state index contributed by atoms with van der Waals surface area (Å²) in [5.74, 6) is 0. The molecule has 0 bridgehead atoms. The van der Waals surface area contributed by atoms with E-state index in [0.29, 0.717) is 39.6 Å². The van der Waals surface area contributed by atoms with Crippen LogP contribution in [0.5, 0.6) is 0 Å². The molecule has 0 saturated carbocycles. The molecule has 1 N–H and O–H groups in total. The Hall–Kier alpha value is -1.84. The second-order valence-corrected chi connectivity index (χ2v) is 8.26. The lowest BCUT2D eigenvalue weighted by molar-refractivity contribution is -0.0277. The van der Waals surface area contributed by atoms with Gasteiger partial charge in [-0.1, -0.05) is 48.5 Å². The zero-order valence-electron chi connectivity index (χ0n) is 18.3. The maximum atomic E-state index is 10.1. The molecule has 7 heteroatoms. The van der Waals surface area contributed by atoms with Crippen molar-refractivity contribution >= 4 is 0 Å². The van der Waals surface area contributed by atoms with Crippen LogP contribution >= 0.6 is 0 Å². The van der Waals surface area contributed by atoms with Gasteiger partial charge in [0, 0.05) is 0 Å². The fraction of sp³-hybridized carbons (Fsp3) is 0.520. The molecule has 0 amide bonds. The van der Waals surface area contributed by atoms with Crippen LogP contribution < -0.4 is 0 Å². The van der Waals surface area contributed by atoms with Gasteiger partial charge < -0.3 is 33.5 Å². The summed E-state index contributed by atoms with van der Waals surface area (Å²) in [6, 6.07) is 16.2. The van der Waals surface area contributed by atoms with Gasteiger partial charge in [-0.05, 0) is 22.3 Å². The van der Waals surface area contributed by atoms with Gasteiger partial charge >= 0.3 is 0 Å². The Balaban J connectivity index is 1.08. The standard InChI is InChI=1S/C25H32O7/c26-23(13-27-9-19-3-1-5-21(7-19)11-29-15-24-17-31-24)14-28-10-20-4-2-6-22(8-20)12-30-16-25-18-32-25/h1-8,23-26H,9-18H2. The first kappa shape index (κ1) is 23.3. The molecule has 7 nitrogen and oxygen atoms in total. The van der Waals surface area contributed by atoms with Gasteiger partial charge in [0.05, 0.1) is 66.1 Å². The summed E-state index contributed by atoms with van der Waals surface area (Å²) in [4.78, 5) is 0. The van der Waals surface area contributed by atoms with Crippen LogP contribution in [0.1, 0.15) is 22.3 Å². The van der Waals surface area contributed by atoms with E-state index in [1.807, 2.05) is 36.4 Å². The van der Waals surface area contributed by atoms with E-state index in [1.54, 1.807) is 0 Å². The zero-order valence-corrected chi connectivity index (χ0v) is 18.3. The first-order chi connectivity index (χ1) is 15.7. The smallest absolute Gasteiger partial charge is 0.104 e. The minimum atomic E-state index is -0.676. The zero-order chi connectivity index (χ0) is 22.0. The van der Waals surface area contributed by atoms with E-state index in [9.17, 15) is 5.11 Å². The molecule has 32 heavy (non-hydrogen) atoms. The molecule has 0 aliphatic carbocycles. The SMILES string of the molecule is OC(COCc1cccc(COCC2CO2)c1)COCc1cccc(COCC2CO2)c1. The van der Waals surface area contributed by atoms with Crippen molar-refractivity contribution in [3.63, 3.8) is 0 Å². The molecular formula is C25H32O7. The van der Waals surface area contributed by atoms with Gasteiger partial charge in [0.1, 0.15) is 18.3 Å². The molecule has 0 radical (unpaired) electrons. The molecule has 4 rings (SSSR count). The summed E-state index contributed by atoms with van der Waals surface area (Å²) in [5, 5.41) is 10.1. The molecule has 2 aromatic rings. The molecule has 2 atom stereocenters. The fourth-order valence-electron chi connectivity index (χ4n) is 3.24. The van der Waals surface area contributed by atoms with Gasteiger partial charge in [-0.3, -0.25) is 0 Å². The molecule has 2 unspecified atom stereocenters. The quantitative estimate of drug-likeness (QED) is 0.399. The van der Waals surface area contributed by atoms with E-state index in [2.05, 4.69) is 12.1 Å². The minimum Gasteiger partial charge on any atom is -0.388 e. The van der Waals surface area contributed by atoms with Gasteiger partial charge in [0.25, 0.3) is 0 Å². The van der Waals surface area contributed by atoms with Gasteiger partial charge in [-0.25, -0.2) is 0 Å². The van der Waals surface area contributed by atoms with Crippen LogP contribution in [0.4, 0.5) is 0 Å². The van der Waals surface area contributed by atoms with E-state index in [-0.39, 0.29) is 25.4 Å². The Labute approximate surface area is 189 Å². The molecule has 2 aliphatic heterocycles. The highest BCUT2D eigenvalue weighted by atomic mass is 16.6. The number of epoxide rings is 2. The van der Waals surface area contributed by atoms with Gasteiger partial charge in [-0.15, -0.1) is 0 Å². The van der Waals surface area contributed by atoms with Crippen molar-refractivity contribution in [1.82, 2.24) is 0 Å². The Bertz CT molecular complexity index is 752. The fourth-order valence-corrected chi connectivity index (χ4v) is 3.24. The monoisotopic (exact) mass is 444 g/mol. The first-order valence-corrected chi connectivity index (χ1v) is 11.1. The molecule has 0 aromatic heterocycles. The number of aliphatic hydroxyl groups is 1. The number of hydrogen-bond acceptors (Lipinski definition) is 7. The van der Waals surface area contributed by atoms with Crippen molar-refractivity contribution in [2.24, 2.45) is 0 Å². The summed E-state index contributed by atoms with van der Waals surface area (Å²) >= 11 is 0. The topological polar surface area (TPSA) is 82.2 Å². The lowest BCUT2D eigenvalue weighted by Gasteiger charge is -2.13. The van der Waals surface area contributed by atoms with Crippen LogP contribution in [-0.2, 0) is 54.8 Å². The highest BCUT2D eigenvalue weighted by Gasteiger charge is 2.22. The molecule has 2 heterocycles. The Kier molecular flexibility index (Phi) is 9.05. The van der Waals surface area contributed by atoms with Crippen molar-refractivity contribution in [1.29, 1.82) is 0 Å². The highest BCUT2D eigenvalue weighted by Crippen LogP contribution is 2.13. The van der Waals surface area contributed by atoms with Gasteiger partial charge in [0.15, 0.2) is 0 Å². The maximum absolute atomic E-state index is 10.1. The predicted molar refractivity (Wildman–Crippen MR) is 117 cm³/mol. The summed E-state index contributed by atoms with van der Waals surface area (Å²) in [5.41, 5.74) is 4.30. The highest BCUT2D eigenvalue weighted by molar-refractivity contribution is 5.23. The number of rotatable bonds is 16. The van der Waals surface area contributed by atoms with Crippen molar-refractivity contribution < 1.29 is 33.5 Å². The Morgan fingerprint density at radius 1 is 0.688 bits per heavy atom. The summed E-state index contributed by atoms with van der Waals surface area (Å²) < 4.78 is 32.9. The number of aliphatic hydroxyl groups excluding tert-OH is 1. The third kappa shape index (κ3) is 8.96. The Morgan fingerprint density at radius 2 is 1.06 bits per heavy atom. The van der Waals surface area contributed by atoms with Crippen molar-refractivity contribution in [2.45, 2.75) is 44.7 Å². The summed E-state index contributed by atoms with van der Waals surface area (Å²) in [6.07, 6.45) is -0.128. The van der Waals surface area contributed by atoms with E-state index in [4.69, 9.17) is 28.4 Å². The van der Waals surface area contributed by atoms with Crippen molar-refractivity contribution in [3.05, 3.63) is 70.8 Å². The third-order valence-electron chi connectivity index (χ3n) is 5.09. The molecule has 2 aliphatic rings. The number of ether oxygens (including phenoxy) is 6. The lowest BCUT2D eigenvalue weighted by atomic mass is 10.1. The molecular weight excluding hydrogens is 412 g/mol. The molecule has 174 valence electrons. The minimum absolute atomic E-state index is 0.219. The second kappa shape index (κ2) is 12.4. The van der Waals surface area contributed by atoms with E-state index in [0.717, 1.165) is 35.5 Å². The average molecular weight is 445 g/mol. The van der Waals surface area contributed by atoms with Crippen LogP contribution in [0, 0.1) is 0 Å².